The molecule has 2 aliphatic heterocycles. The van der Waals surface area contributed by atoms with Crippen LogP contribution in [0, 0.1) is 11.3 Å². The lowest BCUT2D eigenvalue weighted by Gasteiger charge is -2.53. The molecular weight excluding hydrogens is 384 g/mol. The van der Waals surface area contributed by atoms with Gasteiger partial charge in [-0.2, -0.15) is 0 Å². The van der Waals surface area contributed by atoms with Crippen LogP contribution in [0.2, 0.25) is 0 Å². The molecule has 1 aromatic rings. The van der Waals surface area contributed by atoms with E-state index in [-0.39, 0.29) is 18.1 Å². The smallest absolute Gasteiger partial charge is 0.303 e. The molecule has 2 fully saturated rings. The number of piperidine rings is 1. The zero-order valence-corrected chi connectivity index (χ0v) is 17.5. The summed E-state index contributed by atoms with van der Waals surface area (Å²) in [5.41, 5.74) is 2.30. The summed E-state index contributed by atoms with van der Waals surface area (Å²) in [6.07, 6.45) is 3.54. The Morgan fingerprint density at radius 1 is 1.37 bits per heavy atom. The van der Waals surface area contributed by atoms with Crippen molar-refractivity contribution in [2.45, 2.75) is 56.7 Å². The molecule has 0 bridgehead atoms. The highest BCUT2D eigenvalue weighted by Gasteiger charge is 2.56. The van der Waals surface area contributed by atoms with Crippen LogP contribution in [0.1, 0.15) is 39.0 Å². The Balaban J connectivity index is 2.07. The van der Waals surface area contributed by atoms with Gasteiger partial charge in [0, 0.05) is 37.5 Å². The topological polar surface area (TPSA) is 115 Å². The van der Waals surface area contributed by atoms with E-state index in [4.69, 9.17) is 10.2 Å². The third-order valence-electron chi connectivity index (χ3n) is 6.16. The standard InChI is InChI=1S/C22H32N4O4/c1-2-3-11-24-20-16(14-19(27)28)10-13-26(17-7-5-4-6-8-17)22(20,15-23)21(29)18-9-12-25-30-18/h4-8,15-16,18,20,23-25H,2-3,9-14H2,1H3,(H,27,28). The number of benzene rings is 1. The average Bonchev–Trinajstić information content (AvgIpc) is 3.29. The van der Waals surface area contributed by atoms with Crippen molar-refractivity contribution in [3.8, 4) is 0 Å². The molecule has 4 unspecified atom stereocenters. The Morgan fingerprint density at radius 3 is 2.73 bits per heavy atom. The third-order valence-corrected chi connectivity index (χ3v) is 6.16. The number of carboxylic acids is 1. The van der Waals surface area contributed by atoms with E-state index in [1.165, 1.54) is 6.21 Å². The fourth-order valence-corrected chi connectivity index (χ4v) is 4.70. The summed E-state index contributed by atoms with van der Waals surface area (Å²) in [4.78, 5) is 32.9. The first-order valence-electron chi connectivity index (χ1n) is 10.8. The maximum atomic E-state index is 13.9. The summed E-state index contributed by atoms with van der Waals surface area (Å²) in [6.45, 7) is 3.81. The number of hydroxylamine groups is 1. The molecule has 2 heterocycles. The molecule has 4 atom stereocenters. The van der Waals surface area contributed by atoms with Crippen LogP contribution in [0.3, 0.4) is 0 Å². The number of anilines is 1. The number of carbonyl (C=O) groups excluding carboxylic acids is 1. The molecule has 0 saturated carbocycles. The number of hydrogen-bond donors (Lipinski definition) is 4. The van der Waals surface area contributed by atoms with Crippen LogP contribution >= 0.6 is 0 Å². The van der Waals surface area contributed by atoms with Crippen molar-refractivity contribution in [3.63, 3.8) is 0 Å². The molecule has 0 aromatic heterocycles. The van der Waals surface area contributed by atoms with Crippen LogP contribution in [0.5, 0.6) is 0 Å². The highest BCUT2D eigenvalue weighted by atomic mass is 16.7. The first-order valence-corrected chi connectivity index (χ1v) is 10.8. The van der Waals surface area contributed by atoms with Crippen molar-refractivity contribution in [3.05, 3.63) is 30.3 Å². The van der Waals surface area contributed by atoms with Gasteiger partial charge in [0.05, 0.1) is 0 Å². The molecule has 0 spiro atoms. The number of carboxylic acid groups (broad SMARTS) is 1. The second-order valence-electron chi connectivity index (χ2n) is 8.04. The van der Waals surface area contributed by atoms with E-state index in [0.717, 1.165) is 18.5 Å². The highest BCUT2D eigenvalue weighted by molar-refractivity contribution is 6.10. The SMILES string of the molecule is CCCCNC1C(CC(=O)O)CCN(c2ccccc2)C1(C=N)C(=O)C1CCNO1. The number of aliphatic carboxylic acids is 1. The molecule has 8 heteroatoms. The summed E-state index contributed by atoms with van der Waals surface area (Å²) >= 11 is 0. The molecule has 0 radical (unpaired) electrons. The number of unbranched alkanes of at least 4 members (excludes halogenated alkanes) is 1. The number of carbonyl (C=O) groups is 2. The lowest BCUT2D eigenvalue weighted by atomic mass is 9.70. The van der Waals surface area contributed by atoms with Crippen molar-refractivity contribution in [2.24, 2.45) is 5.92 Å². The molecule has 0 aliphatic carbocycles. The van der Waals surface area contributed by atoms with E-state index in [1.807, 2.05) is 35.2 Å². The summed E-state index contributed by atoms with van der Waals surface area (Å²) in [6, 6.07) is 9.09. The van der Waals surface area contributed by atoms with Gasteiger partial charge in [-0.05, 0) is 43.9 Å². The van der Waals surface area contributed by atoms with E-state index in [2.05, 4.69) is 17.7 Å². The van der Waals surface area contributed by atoms with Gasteiger partial charge in [0.15, 0.2) is 11.3 Å². The van der Waals surface area contributed by atoms with E-state index >= 15 is 0 Å². The van der Waals surface area contributed by atoms with E-state index < -0.39 is 23.7 Å². The second kappa shape index (κ2) is 10.1. The Morgan fingerprint density at radius 2 is 2.13 bits per heavy atom. The van der Waals surface area contributed by atoms with Gasteiger partial charge in [0.25, 0.3) is 0 Å². The molecule has 0 amide bonds. The lowest BCUT2D eigenvalue weighted by Crippen LogP contribution is -2.74. The molecule has 8 nitrogen and oxygen atoms in total. The van der Waals surface area contributed by atoms with Gasteiger partial charge in [0.1, 0.15) is 6.10 Å². The van der Waals surface area contributed by atoms with Crippen LogP contribution < -0.4 is 15.7 Å². The van der Waals surface area contributed by atoms with Gasteiger partial charge in [-0.15, -0.1) is 0 Å². The van der Waals surface area contributed by atoms with Crippen LogP contribution in [-0.4, -0.2) is 60.4 Å². The Kier molecular flexibility index (Phi) is 7.58. The average molecular weight is 417 g/mol. The number of rotatable bonds is 10. The minimum absolute atomic E-state index is 0.0426. The summed E-state index contributed by atoms with van der Waals surface area (Å²) in [7, 11) is 0. The van der Waals surface area contributed by atoms with E-state index in [0.29, 0.717) is 32.5 Å². The third kappa shape index (κ3) is 4.40. The maximum absolute atomic E-state index is 13.9. The van der Waals surface area contributed by atoms with Gasteiger partial charge in [-0.1, -0.05) is 31.5 Å². The second-order valence-corrected chi connectivity index (χ2v) is 8.04. The molecular formula is C22H32N4O4. The zero-order chi connectivity index (χ0) is 21.6. The Bertz CT molecular complexity index is 738. The van der Waals surface area contributed by atoms with Gasteiger partial charge in [0.2, 0.25) is 0 Å². The number of Topliss-reactive ketones (excluding diaryl/α,β-unsaturated/α-hetero) is 1. The van der Waals surface area contributed by atoms with Gasteiger partial charge >= 0.3 is 5.97 Å². The van der Waals surface area contributed by atoms with Crippen molar-refractivity contribution in [1.82, 2.24) is 10.8 Å². The number of ketones is 1. The van der Waals surface area contributed by atoms with Crippen molar-refractivity contribution in [2.75, 3.05) is 24.5 Å². The minimum Gasteiger partial charge on any atom is -0.481 e. The van der Waals surface area contributed by atoms with E-state index in [9.17, 15) is 14.7 Å². The molecule has 1 aromatic carbocycles. The number of para-hydroxylation sites is 1. The van der Waals surface area contributed by atoms with Gasteiger partial charge in [-0.3, -0.25) is 14.4 Å². The van der Waals surface area contributed by atoms with Crippen LogP contribution in [0.15, 0.2) is 30.3 Å². The molecule has 3 rings (SSSR count). The van der Waals surface area contributed by atoms with E-state index in [1.54, 1.807) is 0 Å². The maximum Gasteiger partial charge on any atom is 0.303 e. The van der Waals surface area contributed by atoms with Gasteiger partial charge in [-0.25, -0.2) is 5.48 Å². The molecule has 30 heavy (non-hydrogen) atoms. The van der Waals surface area contributed by atoms with Gasteiger partial charge < -0.3 is 20.7 Å². The lowest BCUT2D eigenvalue weighted by molar-refractivity contribution is -0.141. The Hall–Kier alpha value is -2.29. The normalized spacial score (nSPS) is 29.0. The van der Waals surface area contributed by atoms with Crippen LogP contribution in [0.4, 0.5) is 5.69 Å². The molecule has 164 valence electrons. The Labute approximate surface area is 177 Å². The monoisotopic (exact) mass is 416 g/mol. The predicted molar refractivity (Wildman–Crippen MR) is 115 cm³/mol. The zero-order valence-electron chi connectivity index (χ0n) is 17.5. The predicted octanol–water partition coefficient (Wildman–Crippen LogP) is 2.00. The summed E-state index contributed by atoms with van der Waals surface area (Å²) in [5, 5.41) is 21.4. The summed E-state index contributed by atoms with van der Waals surface area (Å²) < 4.78 is 0. The van der Waals surface area contributed by atoms with Crippen molar-refractivity contribution in [1.29, 1.82) is 5.41 Å². The highest BCUT2D eigenvalue weighted by Crippen LogP contribution is 2.39. The number of hydrogen-bond acceptors (Lipinski definition) is 7. The number of nitrogens with zero attached hydrogens (tertiary/aromatic N) is 1. The molecule has 4 N–H and O–H groups in total. The minimum atomic E-state index is -1.32. The first kappa shape index (κ1) is 22.4. The fourth-order valence-electron chi connectivity index (χ4n) is 4.70. The van der Waals surface area contributed by atoms with Crippen LogP contribution in [0.25, 0.3) is 0 Å². The first-order chi connectivity index (χ1) is 14.5. The number of nitrogens with one attached hydrogen (secondary N) is 3. The molecule has 2 saturated heterocycles. The van der Waals surface area contributed by atoms with Crippen molar-refractivity contribution >= 4 is 23.7 Å². The molecule has 2 aliphatic rings. The quantitative estimate of drug-likeness (QED) is 0.341. The van der Waals surface area contributed by atoms with Crippen LogP contribution in [-0.2, 0) is 14.4 Å². The largest absolute Gasteiger partial charge is 0.481 e. The fraction of sp³-hybridized carbons (Fsp3) is 0.591. The van der Waals surface area contributed by atoms with Crippen molar-refractivity contribution < 1.29 is 19.5 Å². The summed E-state index contributed by atoms with van der Waals surface area (Å²) in [5.74, 6) is -1.35.